The van der Waals surface area contributed by atoms with E-state index in [1.165, 1.54) is 77.0 Å². The first-order chi connectivity index (χ1) is 27.0. The van der Waals surface area contributed by atoms with Crippen LogP contribution in [0.4, 0.5) is 0 Å². The second-order valence-corrected chi connectivity index (χ2v) is 17.2. The average molecular weight is 809 g/mol. The molecule has 2 atom stereocenters. The minimum Gasteiger partial charge on any atom is -0.462 e. The second kappa shape index (κ2) is 38.2. The van der Waals surface area contributed by atoms with E-state index in [0.717, 1.165) is 57.8 Å². The van der Waals surface area contributed by atoms with Gasteiger partial charge in [-0.05, 0) is 57.8 Å². The van der Waals surface area contributed by atoms with Crippen LogP contribution in [0.15, 0.2) is 60.8 Å². The summed E-state index contributed by atoms with van der Waals surface area (Å²) in [4.78, 5) is 35.4. The summed E-state index contributed by atoms with van der Waals surface area (Å²) in [5.74, 6) is -0.831. The number of rotatable bonds is 39. The van der Waals surface area contributed by atoms with Gasteiger partial charge in [0.1, 0.15) is 19.8 Å². The Kier molecular flexibility index (Phi) is 36.7. The highest BCUT2D eigenvalue weighted by Crippen LogP contribution is 2.43. The Morgan fingerprint density at radius 1 is 0.571 bits per heavy atom. The Balaban J connectivity index is 4.39. The summed E-state index contributed by atoms with van der Waals surface area (Å²) in [5.41, 5.74) is 0. The van der Waals surface area contributed by atoms with Gasteiger partial charge in [0, 0.05) is 12.8 Å². The van der Waals surface area contributed by atoms with E-state index in [4.69, 9.17) is 18.5 Å². The van der Waals surface area contributed by atoms with Crippen LogP contribution >= 0.6 is 7.82 Å². The Morgan fingerprint density at radius 2 is 1.04 bits per heavy atom. The fourth-order valence-corrected chi connectivity index (χ4v) is 6.41. The lowest BCUT2D eigenvalue weighted by atomic mass is 10.1. The lowest BCUT2D eigenvalue weighted by Crippen LogP contribution is -2.37. The minimum atomic E-state index is -4.38. The summed E-state index contributed by atoms with van der Waals surface area (Å²) in [6.45, 7) is 4.23. The lowest BCUT2D eigenvalue weighted by Gasteiger charge is -2.24. The highest BCUT2D eigenvalue weighted by Gasteiger charge is 2.27. The lowest BCUT2D eigenvalue weighted by molar-refractivity contribution is -0.870. The van der Waals surface area contributed by atoms with E-state index in [-0.39, 0.29) is 32.0 Å². The van der Waals surface area contributed by atoms with E-state index >= 15 is 0 Å². The monoisotopic (exact) mass is 809 g/mol. The Bertz CT molecular complexity index is 1140. The molecular weight excluding hydrogens is 725 g/mol. The highest BCUT2D eigenvalue weighted by atomic mass is 31.2. The minimum absolute atomic E-state index is 0.0238. The number of nitrogens with zero attached hydrogens (tertiary/aromatic N) is 1. The molecule has 0 aliphatic carbocycles. The van der Waals surface area contributed by atoms with E-state index < -0.39 is 26.5 Å². The number of hydrogen-bond acceptors (Lipinski definition) is 7. The van der Waals surface area contributed by atoms with Gasteiger partial charge < -0.3 is 18.9 Å². The summed E-state index contributed by atoms with van der Waals surface area (Å²) in [7, 11) is 1.45. The Labute approximate surface area is 343 Å². The van der Waals surface area contributed by atoms with Crippen molar-refractivity contribution in [1.82, 2.24) is 0 Å². The molecule has 0 bridgehead atoms. The van der Waals surface area contributed by atoms with Gasteiger partial charge in [-0.1, -0.05) is 158 Å². The molecule has 0 rings (SSSR count). The molecule has 9 nitrogen and oxygen atoms in total. The number of phosphoric acid groups is 1. The number of quaternary nitrogens is 1. The maximum atomic E-state index is 12.7. The first kappa shape index (κ1) is 53.7. The molecule has 0 heterocycles. The van der Waals surface area contributed by atoms with Crippen molar-refractivity contribution in [3.05, 3.63) is 60.8 Å². The number of unbranched alkanes of at least 4 members (excludes halogenated alkanes) is 18. The van der Waals surface area contributed by atoms with Crippen molar-refractivity contribution in [3.8, 4) is 0 Å². The first-order valence-electron chi connectivity index (χ1n) is 22.1. The predicted molar refractivity (Wildman–Crippen MR) is 233 cm³/mol. The normalized spacial score (nSPS) is 14.2. The molecule has 0 spiro atoms. The molecule has 0 fully saturated rings. The Hall–Kier alpha value is -2.29. The van der Waals surface area contributed by atoms with E-state index in [1.54, 1.807) is 0 Å². The quantitative estimate of drug-likeness (QED) is 0.0163. The Morgan fingerprint density at radius 3 is 1.57 bits per heavy atom. The summed E-state index contributed by atoms with van der Waals surface area (Å²) in [6, 6.07) is 0. The van der Waals surface area contributed by atoms with E-state index in [9.17, 15) is 19.0 Å². The van der Waals surface area contributed by atoms with Crippen molar-refractivity contribution in [2.45, 2.75) is 174 Å². The molecule has 0 aromatic carbocycles. The predicted octanol–water partition coefficient (Wildman–Crippen LogP) is 12.5. The topological polar surface area (TPSA) is 108 Å². The van der Waals surface area contributed by atoms with Crippen molar-refractivity contribution in [2.24, 2.45) is 0 Å². The SMILES string of the molecule is CC/C=C/C=C/C=C/C=C/CCCCCCCC(=O)O[C@H](COC(=O)CCCCCCCCCCC/C=C/CCCCCC)COP(=O)(O)OCC[N+](C)(C)C. The van der Waals surface area contributed by atoms with Gasteiger partial charge >= 0.3 is 19.8 Å². The standard InChI is InChI=1S/C46H82NO8P/c1-6-8-10-12-14-16-18-20-22-23-25-26-28-30-32-34-36-38-45(48)52-42-44(43-54-56(50,51)53-41-40-47(3,4)5)55-46(49)39-37-35-33-31-29-27-24-21-19-17-15-13-11-9-7-2/h9,11,13,15-19,21,24,44H,6-8,10,12,14,20,22-23,25-43H2,1-5H3/p+1/b11-9+,15-13+,18-16+,19-17+,24-21+/t44-/m1/s1. The van der Waals surface area contributed by atoms with Crippen molar-refractivity contribution in [2.75, 3.05) is 47.5 Å². The first-order valence-corrected chi connectivity index (χ1v) is 23.6. The van der Waals surface area contributed by atoms with Gasteiger partial charge in [-0.25, -0.2) is 4.57 Å². The van der Waals surface area contributed by atoms with Crippen molar-refractivity contribution < 1.29 is 42.1 Å². The number of carbonyl (C=O) groups excluding carboxylic acids is 2. The molecule has 0 aromatic heterocycles. The van der Waals surface area contributed by atoms with Crippen LogP contribution in [-0.4, -0.2) is 74.9 Å². The molecule has 0 aliphatic rings. The van der Waals surface area contributed by atoms with Gasteiger partial charge in [0.25, 0.3) is 0 Å². The van der Waals surface area contributed by atoms with Gasteiger partial charge in [-0.2, -0.15) is 0 Å². The number of hydrogen-bond donors (Lipinski definition) is 1. The molecule has 0 radical (unpaired) electrons. The molecule has 56 heavy (non-hydrogen) atoms. The molecule has 0 saturated heterocycles. The fourth-order valence-electron chi connectivity index (χ4n) is 5.67. The van der Waals surface area contributed by atoms with Crippen LogP contribution in [0.25, 0.3) is 0 Å². The zero-order valence-corrected chi connectivity index (χ0v) is 37.2. The largest absolute Gasteiger partial charge is 0.472 e. The summed E-state index contributed by atoms with van der Waals surface area (Å²) in [5, 5.41) is 0. The maximum Gasteiger partial charge on any atom is 0.472 e. The van der Waals surface area contributed by atoms with Crippen molar-refractivity contribution in [1.29, 1.82) is 0 Å². The van der Waals surface area contributed by atoms with Gasteiger partial charge in [0.2, 0.25) is 0 Å². The third-order valence-electron chi connectivity index (χ3n) is 9.13. The highest BCUT2D eigenvalue weighted by molar-refractivity contribution is 7.47. The van der Waals surface area contributed by atoms with Gasteiger partial charge in [-0.3, -0.25) is 18.6 Å². The molecule has 0 amide bonds. The number of ether oxygens (including phenoxy) is 2. The van der Waals surface area contributed by atoms with Crippen molar-refractivity contribution in [3.63, 3.8) is 0 Å². The van der Waals surface area contributed by atoms with Crippen LogP contribution in [0.3, 0.4) is 0 Å². The third kappa shape index (κ3) is 41.3. The number of carbonyl (C=O) groups is 2. The summed E-state index contributed by atoms with van der Waals surface area (Å²) in [6.07, 6.45) is 45.5. The maximum absolute atomic E-state index is 12.7. The number of phosphoric ester groups is 1. The van der Waals surface area contributed by atoms with E-state index in [1.807, 2.05) is 51.5 Å². The van der Waals surface area contributed by atoms with Gasteiger partial charge in [0.05, 0.1) is 27.7 Å². The second-order valence-electron chi connectivity index (χ2n) is 15.8. The molecule has 324 valence electrons. The van der Waals surface area contributed by atoms with Crippen molar-refractivity contribution >= 4 is 19.8 Å². The van der Waals surface area contributed by atoms with E-state index in [0.29, 0.717) is 17.4 Å². The number of allylic oxidation sites excluding steroid dienone is 10. The van der Waals surface area contributed by atoms with Crippen LogP contribution in [0.5, 0.6) is 0 Å². The molecular formula is C46H83NO8P+. The molecule has 1 N–H and O–H groups in total. The molecule has 0 aromatic rings. The molecule has 0 saturated carbocycles. The molecule has 1 unspecified atom stereocenters. The zero-order valence-electron chi connectivity index (χ0n) is 36.3. The average Bonchev–Trinajstić information content (AvgIpc) is 3.15. The fraction of sp³-hybridized carbons (Fsp3) is 0.739. The number of likely N-dealkylation sites (N-methyl/N-ethyl adjacent to an activating group) is 1. The van der Waals surface area contributed by atoms with Crippen LogP contribution in [0.1, 0.15) is 168 Å². The smallest absolute Gasteiger partial charge is 0.462 e. The van der Waals surface area contributed by atoms with Crippen LogP contribution in [-0.2, 0) is 32.7 Å². The summed E-state index contributed by atoms with van der Waals surface area (Å²) >= 11 is 0. The van der Waals surface area contributed by atoms with Gasteiger partial charge in [-0.15, -0.1) is 0 Å². The van der Waals surface area contributed by atoms with E-state index in [2.05, 4.69) is 44.2 Å². The van der Waals surface area contributed by atoms with Crippen LogP contribution in [0.2, 0.25) is 0 Å². The molecule has 0 aliphatic heterocycles. The van der Waals surface area contributed by atoms with Gasteiger partial charge in [0.15, 0.2) is 6.10 Å². The number of esters is 2. The summed E-state index contributed by atoms with van der Waals surface area (Å²) < 4.78 is 34.3. The van der Waals surface area contributed by atoms with Crippen LogP contribution < -0.4 is 0 Å². The van der Waals surface area contributed by atoms with Crippen LogP contribution in [0, 0.1) is 0 Å². The zero-order chi connectivity index (χ0) is 41.4. The third-order valence-corrected chi connectivity index (χ3v) is 10.1. The molecule has 10 heteroatoms.